The van der Waals surface area contributed by atoms with E-state index in [4.69, 9.17) is 19.4 Å². The quantitative estimate of drug-likeness (QED) is 0.173. The Morgan fingerprint density at radius 2 is 1.05 bits per heavy atom. The van der Waals surface area contributed by atoms with Crippen LogP contribution in [-0.2, 0) is 0 Å². The summed E-state index contributed by atoms with van der Waals surface area (Å²) in [6.45, 7) is 0. The molecule has 0 spiro atoms. The van der Waals surface area contributed by atoms with Gasteiger partial charge in [0.25, 0.3) is 0 Å². The van der Waals surface area contributed by atoms with Crippen LogP contribution >= 0.6 is 11.3 Å². The van der Waals surface area contributed by atoms with Crippen molar-refractivity contribution in [3.05, 3.63) is 206 Å². The predicted molar refractivity (Wildman–Crippen MR) is 271 cm³/mol. The van der Waals surface area contributed by atoms with Crippen molar-refractivity contribution in [3.63, 3.8) is 0 Å². The number of benzene rings is 10. The molecule has 0 amide bonds. The number of hydrogen-bond donors (Lipinski definition) is 0. The molecule has 5 nitrogen and oxygen atoms in total. The Morgan fingerprint density at radius 3 is 1.92 bits per heavy atom. The predicted octanol–water partition coefficient (Wildman–Crippen LogP) is 16.2. The molecule has 4 heterocycles. The lowest BCUT2D eigenvalue weighted by atomic mass is 10.0. The minimum atomic E-state index is 0.580. The average Bonchev–Trinajstić information content (AvgIpc) is 4.05. The molecule has 0 N–H and O–H groups in total. The summed E-state index contributed by atoms with van der Waals surface area (Å²) < 4.78 is 11.8. The second-order valence-corrected chi connectivity index (χ2v) is 17.8. The van der Waals surface area contributed by atoms with Gasteiger partial charge in [0, 0.05) is 63.8 Å². The minimum absolute atomic E-state index is 0.580. The van der Waals surface area contributed by atoms with Crippen LogP contribution in [0.1, 0.15) is 0 Å². The second-order valence-electron chi connectivity index (χ2n) is 16.7. The number of fused-ring (bicyclic) bond motifs is 12. The Balaban J connectivity index is 1.10. The van der Waals surface area contributed by atoms with Crippen molar-refractivity contribution in [1.82, 2.24) is 19.5 Å². The summed E-state index contributed by atoms with van der Waals surface area (Å²) in [6, 6.07) is 73.2. The molecule has 0 bridgehead atoms. The van der Waals surface area contributed by atoms with Gasteiger partial charge in [0.2, 0.25) is 0 Å². The van der Waals surface area contributed by atoms with Gasteiger partial charge in [0.05, 0.1) is 16.7 Å². The van der Waals surface area contributed by atoms with Gasteiger partial charge in [-0.05, 0) is 75.8 Å². The van der Waals surface area contributed by atoms with Crippen LogP contribution in [0.5, 0.6) is 0 Å². The molecule has 0 saturated carbocycles. The first-order valence-electron chi connectivity index (χ1n) is 21.8. The molecular formula is C59H34N4OS. The summed E-state index contributed by atoms with van der Waals surface area (Å²) in [6.07, 6.45) is 0. The van der Waals surface area contributed by atoms with Crippen LogP contribution in [0.4, 0.5) is 0 Å². The minimum Gasteiger partial charge on any atom is -0.454 e. The molecule has 0 aliphatic carbocycles. The fraction of sp³-hybridized carbons (Fsp3) is 0. The normalized spacial score (nSPS) is 12.0. The van der Waals surface area contributed by atoms with E-state index in [-0.39, 0.29) is 0 Å². The highest BCUT2D eigenvalue weighted by Crippen LogP contribution is 2.44. The van der Waals surface area contributed by atoms with E-state index in [1.807, 2.05) is 12.1 Å². The summed E-state index contributed by atoms with van der Waals surface area (Å²) >= 11 is 1.79. The fourth-order valence-electron chi connectivity index (χ4n) is 10.0. The Morgan fingerprint density at radius 1 is 0.385 bits per heavy atom. The lowest BCUT2D eigenvalue weighted by Crippen LogP contribution is -2.02. The summed E-state index contributed by atoms with van der Waals surface area (Å²) in [4.78, 5) is 16.2. The molecule has 6 heteroatoms. The smallest absolute Gasteiger partial charge is 0.164 e. The molecule has 14 aromatic rings. The van der Waals surface area contributed by atoms with Crippen molar-refractivity contribution in [2.75, 3.05) is 0 Å². The lowest BCUT2D eigenvalue weighted by Gasteiger charge is -2.14. The number of hydrogen-bond acceptors (Lipinski definition) is 5. The molecule has 65 heavy (non-hydrogen) atoms. The number of rotatable bonds is 5. The first kappa shape index (κ1) is 36.1. The standard InChI is InChI=1S/C59H34N4OS/c1-2-14-35(15-3-1)37-19-12-20-40(30-37)57-60-58(62-59(61-57)46-24-13-27-53-54(46)45-23-9-11-26-52(45)65-53)41-32-48-43-22-8-10-25-51(43)64-56(48)50(34-41)63-49-33-39-18-5-4-17-38(39)31-47(49)44-29-28-36-16-6-7-21-42(36)55(44)63/h1-34H. The third kappa shape index (κ3) is 5.61. The van der Waals surface area contributed by atoms with E-state index >= 15 is 0 Å². The van der Waals surface area contributed by atoms with Gasteiger partial charge in [-0.1, -0.05) is 158 Å². The van der Waals surface area contributed by atoms with E-state index in [2.05, 4.69) is 199 Å². The Hall–Kier alpha value is -8.45. The Labute approximate surface area is 376 Å². The molecule has 4 aromatic heterocycles. The van der Waals surface area contributed by atoms with Gasteiger partial charge in [-0.15, -0.1) is 11.3 Å². The molecule has 14 rings (SSSR count). The van der Waals surface area contributed by atoms with Gasteiger partial charge < -0.3 is 8.98 Å². The number of furan rings is 1. The number of thiophene rings is 1. The average molecular weight is 847 g/mol. The first-order chi connectivity index (χ1) is 32.2. The van der Waals surface area contributed by atoms with Crippen LogP contribution in [0.25, 0.3) is 136 Å². The molecule has 0 radical (unpaired) electrons. The summed E-state index contributed by atoms with van der Waals surface area (Å²) in [5, 5.41) is 11.4. The Bertz CT molecular complexity index is 4260. The van der Waals surface area contributed by atoms with Crippen LogP contribution in [0.3, 0.4) is 0 Å². The molecule has 0 fully saturated rings. The van der Waals surface area contributed by atoms with Crippen molar-refractivity contribution < 1.29 is 4.42 Å². The molecule has 0 saturated heterocycles. The molecule has 0 aliphatic rings. The second kappa shape index (κ2) is 14.0. The van der Waals surface area contributed by atoms with Gasteiger partial charge in [0.1, 0.15) is 5.58 Å². The van der Waals surface area contributed by atoms with Gasteiger partial charge in [-0.2, -0.15) is 0 Å². The maximum absolute atomic E-state index is 6.94. The highest BCUT2D eigenvalue weighted by atomic mass is 32.1. The number of aromatic nitrogens is 4. The molecule has 0 aliphatic heterocycles. The van der Waals surface area contributed by atoms with E-state index in [9.17, 15) is 0 Å². The van der Waals surface area contributed by atoms with E-state index in [1.54, 1.807) is 11.3 Å². The Kier molecular flexibility index (Phi) is 7.79. The highest BCUT2D eigenvalue weighted by molar-refractivity contribution is 7.25. The van der Waals surface area contributed by atoms with Crippen molar-refractivity contribution in [2.24, 2.45) is 0 Å². The summed E-state index contributed by atoms with van der Waals surface area (Å²) in [5.74, 6) is 1.81. The van der Waals surface area contributed by atoms with Crippen molar-refractivity contribution in [2.45, 2.75) is 0 Å². The van der Waals surface area contributed by atoms with Crippen molar-refractivity contribution >= 4 is 96.8 Å². The monoisotopic (exact) mass is 846 g/mol. The highest BCUT2D eigenvalue weighted by Gasteiger charge is 2.24. The number of para-hydroxylation sites is 1. The largest absolute Gasteiger partial charge is 0.454 e. The van der Waals surface area contributed by atoms with Crippen LogP contribution in [0.2, 0.25) is 0 Å². The van der Waals surface area contributed by atoms with Crippen LogP contribution in [-0.4, -0.2) is 19.5 Å². The van der Waals surface area contributed by atoms with Crippen molar-refractivity contribution in [1.29, 1.82) is 0 Å². The maximum atomic E-state index is 6.94. The fourth-order valence-corrected chi connectivity index (χ4v) is 11.1. The lowest BCUT2D eigenvalue weighted by molar-refractivity contribution is 0.666. The molecular weight excluding hydrogens is 813 g/mol. The van der Waals surface area contributed by atoms with Gasteiger partial charge in [0.15, 0.2) is 23.1 Å². The molecule has 10 aromatic carbocycles. The molecule has 0 unspecified atom stereocenters. The first-order valence-corrected chi connectivity index (χ1v) is 22.7. The van der Waals surface area contributed by atoms with Crippen molar-refractivity contribution in [3.8, 4) is 51.0 Å². The van der Waals surface area contributed by atoms with E-state index in [0.717, 1.165) is 71.9 Å². The van der Waals surface area contributed by atoms with Gasteiger partial charge >= 0.3 is 0 Å². The van der Waals surface area contributed by atoms with Gasteiger partial charge in [-0.25, -0.2) is 15.0 Å². The maximum Gasteiger partial charge on any atom is 0.164 e. The zero-order chi connectivity index (χ0) is 42.6. The zero-order valence-corrected chi connectivity index (χ0v) is 35.6. The topological polar surface area (TPSA) is 56.7 Å². The van der Waals surface area contributed by atoms with Gasteiger partial charge in [-0.3, -0.25) is 0 Å². The third-order valence-corrected chi connectivity index (χ3v) is 14.1. The molecule has 0 atom stereocenters. The number of nitrogens with zero attached hydrogens (tertiary/aromatic N) is 4. The summed E-state index contributed by atoms with van der Waals surface area (Å²) in [5.41, 5.74) is 9.73. The van der Waals surface area contributed by atoms with E-state index in [0.29, 0.717) is 17.5 Å². The van der Waals surface area contributed by atoms with Crippen LogP contribution in [0.15, 0.2) is 211 Å². The molecule has 302 valence electrons. The third-order valence-electron chi connectivity index (χ3n) is 13.0. The zero-order valence-electron chi connectivity index (χ0n) is 34.7. The van der Waals surface area contributed by atoms with E-state index in [1.165, 1.54) is 47.1 Å². The van der Waals surface area contributed by atoms with Crippen LogP contribution < -0.4 is 0 Å². The van der Waals surface area contributed by atoms with Crippen LogP contribution in [0, 0.1) is 0 Å². The van der Waals surface area contributed by atoms with E-state index < -0.39 is 0 Å². The summed E-state index contributed by atoms with van der Waals surface area (Å²) in [7, 11) is 0. The SMILES string of the molecule is c1ccc(-c2cccc(-c3nc(-c4cc(-n5c6cc7ccccc7cc6c6ccc7ccccc7c65)c5oc6ccccc6c5c4)nc(-c4cccc5sc6ccccc6c45)n3)c2)cc1.